The summed E-state index contributed by atoms with van der Waals surface area (Å²) in [6, 6.07) is 5.82. The summed E-state index contributed by atoms with van der Waals surface area (Å²) in [6.45, 7) is 0.840. The molecule has 22 heavy (non-hydrogen) atoms. The highest BCUT2D eigenvalue weighted by Crippen LogP contribution is 2.25. The van der Waals surface area contributed by atoms with Gasteiger partial charge in [-0.3, -0.25) is 9.59 Å². The van der Waals surface area contributed by atoms with Gasteiger partial charge in [-0.25, -0.2) is 0 Å². The molecule has 1 aliphatic heterocycles. The third-order valence-electron chi connectivity index (χ3n) is 4.19. The van der Waals surface area contributed by atoms with E-state index in [4.69, 9.17) is 9.84 Å². The predicted octanol–water partition coefficient (Wildman–Crippen LogP) is 1.65. The molecule has 1 fully saturated rings. The molecule has 0 aliphatic carbocycles. The van der Waals surface area contributed by atoms with Crippen LogP contribution >= 0.6 is 0 Å². The minimum atomic E-state index is -0.896. The van der Waals surface area contributed by atoms with E-state index in [2.05, 4.69) is 4.98 Å². The molecule has 0 spiro atoms. The number of nitrogens with one attached hydrogen (secondary N) is 1. The number of carbonyl (C=O) groups excluding carboxylic acids is 1. The van der Waals surface area contributed by atoms with Crippen molar-refractivity contribution in [2.45, 2.75) is 12.8 Å². The molecule has 2 heterocycles. The molecule has 2 N–H and O–H groups in total. The summed E-state index contributed by atoms with van der Waals surface area (Å²) < 4.78 is 5.24. The van der Waals surface area contributed by atoms with Crippen molar-refractivity contribution in [1.82, 2.24) is 9.88 Å². The number of nitrogens with zero attached hydrogens (tertiary/aromatic N) is 1. The summed E-state index contributed by atoms with van der Waals surface area (Å²) in [5.74, 6) is -0.760. The number of carbonyl (C=O) groups is 2. The van der Waals surface area contributed by atoms with Crippen LogP contribution in [-0.4, -0.2) is 47.1 Å². The zero-order valence-corrected chi connectivity index (χ0v) is 12.3. The number of benzene rings is 1. The number of amides is 1. The second-order valence-corrected chi connectivity index (χ2v) is 5.55. The second kappa shape index (κ2) is 5.71. The molecule has 1 aromatic carbocycles. The van der Waals surface area contributed by atoms with Gasteiger partial charge in [0.25, 0.3) is 0 Å². The van der Waals surface area contributed by atoms with E-state index < -0.39 is 11.9 Å². The molecule has 3 rings (SSSR count). The molecular formula is C16H18N2O4. The molecule has 1 aromatic heterocycles. The number of fused-ring (bicyclic) bond motifs is 1. The van der Waals surface area contributed by atoms with E-state index in [9.17, 15) is 9.59 Å². The number of methoxy groups -OCH3 is 1. The number of carboxylic acids is 1. The van der Waals surface area contributed by atoms with Crippen LogP contribution in [0.2, 0.25) is 0 Å². The maximum atomic E-state index is 11.8. The molecule has 2 aromatic rings. The lowest BCUT2D eigenvalue weighted by atomic mass is 10.1. The Balaban J connectivity index is 1.72. The average Bonchev–Trinajstić information content (AvgIpc) is 3.08. The van der Waals surface area contributed by atoms with Crippen molar-refractivity contribution in [2.75, 3.05) is 20.2 Å². The highest BCUT2D eigenvalue weighted by molar-refractivity contribution is 5.86. The quantitative estimate of drug-likeness (QED) is 0.880. The molecule has 1 saturated heterocycles. The van der Waals surface area contributed by atoms with Gasteiger partial charge in [-0.05, 0) is 30.2 Å². The van der Waals surface area contributed by atoms with Gasteiger partial charge in [0.2, 0.25) is 5.91 Å². The Morgan fingerprint density at radius 3 is 3.00 bits per heavy atom. The van der Waals surface area contributed by atoms with Crippen LogP contribution in [0.4, 0.5) is 0 Å². The van der Waals surface area contributed by atoms with Crippen LogP contribution in [0.1, 0.15) is 12.0 Å². The molecule has 0 bridgehead atoms. The number of carboxylic acid groups (broad SMARTS) is 1. The molecule has 0 radical (unpaired) electrons. The minimum Gasteiger partial charge on any atom is -0.497 e. The van der Waals surface area contributed by atoms with Crippen molar-refractivity contribution in [3.8, 4) is 5.75 Å². The molecule has 1 unspecified atom stereocenters. The highest BCUT2D eigenvalue weighted by atomic mass is 16.5. The molecule has 116 valence electrons. The van der Waals surface area contributed by atoms with E-state index in [0.29, 0.717) is 19.5 Å². The monoisotopic (exact) mass is 302 g/mol. The first-order chi connectivity index (χ1) is 10.6. The lowest BCUT2D eigenvalue weighted by Crippen LogP contribution is -2.28. The van der Waals surface area contributed by atoms with E-state index >= 15 is 0 Å². The van der Waals surface area contributed by atoms with Gasteiger partial charge < -0.3 is 19.7 Å². The maximum Gasteiger partial charge on any atom is 0.308 e. The van der Waals surface area contributed by atoms with Crippen molar-refractivity contribution >= 4 is 22.8 Å². The first-order valence-corrected chi connectivity index (χ1v) is 7.23. The first-order valence-electron chi connectivity index (χ1n) is 7.23. The van der Waals surface area contributed by atoms with Gasteiger partial charge in [0, 0.05) is 36.6 Å². The lowest BCUT2D eigenvalue weighted by Gasteiger charge is -2.15. The third-order valence-corrected chi connectivity index (χ3v) is 4.19. The molecule has 1 aliphatic rings. The lowest BCUT2D eigenvalue weighted by molar-refractivity contribution is -0.141. The van der Waals surface area contributed by atoms with Crippen molar-refractivity contribution in [3.63, 3.8) is 0 Å². The highest BCUT2D eigenvalue weighted by Gasteiger charge is 2.33. The van der Waals surface area contributed by atoms with Crippen LogP contribution < -0.4 is 4.74 Å². The van der Waals surface area contributed by atoms with Crippen LogP contribution in [0, 0.1) is 5.92 Å². The minimum absolute atomic E-state index is 0.0789. The Morgan fingerprint density at radius 1 is 1.50 bits per heavy atom. The van der Waals surface area contributed by atoms with E-state index in [1.807, 2.05) is 24.4 Å². The zero-order chi connectivity index (χ0) is 15.7. The maximum absolute atomic E-state index is 11.8. The summed E-state index contributed by atoms with van der Waals surface area (Å²) in [7, 11) is 1.63. The van der Waals surface area contributed by atoms with Crippen LogP contribution in [0.15, 0.2) is 24.4 Å². The fourth-order valence-electron chi connectivity index (χ4n) is 2.90. The summed E-state index contributed by atoms with van der Waals surface area (Å²) in [5, 5.41) is 10.1. The van der Waals surface area contributed by atoms with E-state index in [1.54, 1.807) is 12.0 Å². The largest absolute Gasteiger partial charge is 0.497 e. The fourth-order valence-corrected chi connectivity index (χ4v) is 2.90. The SMILES string of the molecule is COc1ccc2[nH]cc(CCN3CC(C(=O)O)CC3=O)c2c1. The first kappa shape index (κ1) is 14.4. The molecule has 0 saturated carbocycles. The van der Waals surface area contributed by atoms with Crippen LogP contribution in [0.25, 0.3) is 10.9 Å². The normalized spacial score (nSPS) is 18.1. The van der Waals surface area contributed by atoms with Gasteiger partial charge in [0.1, 0.15) is 5.75 Å². The average molecular weight is 302 g/mol. The zero-order valence-electron chi connectivity index (χ0n) is 12.3. The Morgan fingerprint density at radius 2 is 2.32 bits per heavy atom. The number of rotatable bonds is 5. The molecular weight excluding hydrogens is 284 g/mol. The van der Waals surface area contributed by atoms with Gasteiger partial charge in [0.15, 0.2) is 0 Å². The topological polar surface area (TPSA) is 82.6 Å². The Bertz CT molecular complexity index is 722. The number of ether oxygens (including phenoxy) is 1. The van der Waals surface area contributed by atoms with E-state index in [0.717, 1.165) is 22.2 Å². The van der Waals surface area contributed by atoms with Crippen molar-refractivity contribution in [1.29, 1.82) is 0 Å². The number of H-pyrrole nitrogens is 1. The molecule has 6 heteroatoms. The van der Waals surface area contributed by atoms with Crippen LogP contribution in [0.5, 0.6) is 5.75 Å². The predicted molar refractivity (Wildman–Crippen MR) is 80.9 cm³/mol. The number of hydrogen-bond acceptors (Lipinski definition) is 3. The van der Waals surface area contributed by atoms with Gasteiger partial charge in [-0.15, -0.1) is 0 Å². The molecule has 1 amide bonds. The molecule has 6 nitrogen and oxygen atoms in total. The Labute approximate surface area is 127 Å². The van der Waals surface area contributed by atoms with Crippen LogP contribution in [0.3, 0.4) is 0 Å². The third kappa shape index (κ3) is 2.64. The summed E-state index contributed by atoms with van der Waals surface area (Å²) in [4.78, 5) is 27.7. The fraction of sp³-hybridized carbons (Fsp3) is 0.375. The smallest absolute Gasteiger partial charge is 0.308 e. The second-order valence-electron chi connectivity index (χ2n) is 5.55. The summed E-state index contributed by atoms with van der Waals surface area (Å²) >= 11 is 0. The Hall–Kier alpha value is -2.50. The molecule has 1 atom stereocenters. The van der Waals surface area contributed by atoms with Crippen molar-refractivity contribution < 1.29 is 19.4 Å². The van der Waals surface area contributed by atoms with Gasteiger partial charge >= 0.3 is 5.97 Å². The van der Waals surface area contributed by atoms with Crippen molar-refractivity contribution in [2.24, 2.45) is 5.92 Å². The number of aromatic nitrogens is 1. The number of hydrogen-bond donors (Lipinski definition) is 2. The van der Waals surface area contributed by atoms with Crippen LogP contribution in [-0.2, 0) is 16.0 Å². The van der Waals surface area contributed by atoms with Gasteiger partial charge in [-0.2, -0.15) is 0 Å². The standard InChI is InChI=1S/C16H18N2O4/c1-22-12-2-3-14-13(7-12)10(8-17-14)4-5-18-9-11(16(20)21)6-15(18)19/h2-3,7-8,11,17H,4-6,9H2,1H3,(H,20,21). The summed E-state index contributed by atoms with van der Waals surface area (Å²) in [6.07, 6.45) is 2.72. The van der Waals surface area contributed by atoms with E-state index in [1.165, 1.54) is 0 Å². The number of aromatic amines is 1. The summed E-state index contributed by atoms with van der Waals surface area (Å²) in [5.41, 5.74) is 2.12. The van der Waals surface area contributed by atoms with Gasteiger partial charge in [0.05, 0.1) is 13.0 Å². The van der Waals surface area contributed by atoms with Crippen molar-refractivity contribution in [3.05, 3.63) is 30.0 Å². The Kier molecular flexibility index (Phi) is 3.75. The van der Waals surface area contributed by atoms with E-state index in [-0.39, 0.29) is 12.3 Å². The van der Waals surface area contributed by atoms with Gasteiger partial charge in [-0.1, -0.05) is 0 Å². The number of likely N-dealkylation sites (tertiary alicyclic amines) is 1. The number of aliphatic carboxylic acids is 1.